The molecule has 0 unspecified atom stereocenters. The van der Waals surface area contributed by atoms with E-state index < -0.39 is 0 Å². The van der Waals surface area contributed by atoms with Gasteiger partial charge in [-0.05, 0) is 30.7 Å². The number of methoxy groups -OCH3 is 1. The van der Waals surface area contributed by atoms with Gasteiger partial charge in [-0.25, -0.2) is 0 Å². The summed E-state index contributed by atoms with van der Waals surface area (Å²) in [6.45, 7) is 6.96. The van der Waals surface area contributed by atoms with Gasteiger partial charge in [-0.3, -0.25) is 0 Å². The number of hydrogen-bond acceptors (Lipinski definition) is 3. The molecule has 1 fully saturated rings. The molecule has 1 aliphatic rings. The summed E-state index contributed by atoms with van der Waals surface area (Å²) in [6, 6.07) is 6.16. The number of rotatable bonds is 4. The van der Waals surface area contributed by atoms with Crippen LogP contribution in [0.2, 0.25) is 0 Å². The topological polar surface area (TPSA) is 30.5 Å². The fourth-order valence-corrected chi connectivity index (χ4v) is 1.86. The Bertz CT molecular complexity index is 372. The third-order valence-electron chi connectivity index (χ3n) is 3.02. The molecular formula is C13H19NO2. The van der Waals surface area contributed by atoms with E-state index in [-0.39, 0.29) is 0 Å². The molecule has 0 bridgehead atoms. The maximum absolute atomic E-state index is 5.23. The van der Waals surface area contributed by atoms with Crippen LogP contribution in [0.5, 0.6) is 5.75 Å². The van der Waals surface area contributed by atoms with E-state index in [2.05, 4.69) is 31.3 Å². The fraction of sp³-hybridized carbons (Fsp3) is 0.538. The molecule has 0 aromatic heterocycles. The molecule has 0 aliphatic carbocycles. The third-order valence-corrected chi connectivity index (χ3v) is 3.02. The predicted molar refractivity (Wildman–Crippen MR) is 65.1 cm³/mol. The lowest BCUT2D eigenvalue weighted by Gasteiger charge is -2.38. The lowest BCUT2D eigenvalue weighted by atomic mass is 9.88. The quantitative estimate of drug-likeness (QED) is 0.847. The van der Waals surface area contributed by atoms with E-state index in [0.29, 0.717) is 5.41 Å². The Morgan fingerprint density at radius 3 is 2.69 bits per heavy atom. The van der Waals surface area contributed by atoms with E-state index >= 15 is 0 Å². The van der Waals surface area contributed by atoms with Gasteiger partial charge in [0.1, 0.15) is 5.75 Å². The van der Waals surface area contributed by atoms with Gasteiger partial charge < -0.3 is 14.8 Å². The van der Waals surface area contributed by atoms with Crippen molar-refractivity contribution in [3.05, 3.63) is 23.8 Å². The van der Waals surface area contributed by atoms with Gasteiger partial charge in [0.05, 0.1) is 20.3 Å². The van der Waals surface area contributed by atoms with Gasteiger partial charge in [-0.15, -0.1) is 0 Å². The summed E-state index contributed by atoms with van der Waals surface area (Å²) in [4.78, 5) is 0. The van der Waals surface area contributed by atoms with Crippen LogP contribution in [0, 0.1) is 12.3 Å². The second-order valence-corrected chi connectivity index (χ2v) is 4.84. The monoisotopic (exact) mass is 221 g/mol. The highest BCUT2D eigenvalue weighted by molar-refractivity contribution is 5.50. The summed E-state index contributed by atoms with van der Waals surface area (Å²) in [5, 5.41) is 3.44. The third kappa shape index (κ3) is 2.30. The number of hydrogen-bond donors (Lipinski definition) is 1. The van der Waals surface area contributed by atoms with Crippen LogP contribution in [0.4, 0.5) is 5.69 Å². The van der Waals surface area contributed by atoms with Crippen molar-refractivity contribution in [3.8, 4) is 5.75 Å². The van der Waals surface area contributed by atoms with Crippen molar-refractivity contribution in [2.24, 2.45) is 5.41 Å². The molecule has 0 amide bonds. The van der Waals surface area contributed by atoms with Crippen molar-refractivity contribution in [2.75, 3.05) is 32.2 Å². The minimum atomic E-state index is 0.299. The molecule has 3 heteroatoms. The lowest BCUT2D eigenvalue weighted by Crippen LogP contribution is -2.45. The molecule has 88 valence electrons. The normalized spacial score (nSPS) is 17.7. The fourth-order valence-electron chi connectivity index (χ4n) is 1.86. The van der Waals surface area contributed by atoms with E-state index in [1.165, 1.54) is 0 Å². The van der Waals surface area contributed by atoms with Crippen LogP contribution in [0.1, 0.15) is 12.5 Å². The number of anilines is 1. The Labute approximate surface area is 96.8 Å². The maximum Gasteiger partial charge on any atom is 0.121 e. The minimum Gasteiger partial charge on any atom is -0.496 e. The summed E-state index contributed by atoms with van der Waals surface area (Å²) in [5.41, 5.74) is 2.60. The Balaban J connectivity index is 1.97. The lowest BCUT2D eigenvalue weighted by molar-refractivity contribution is -0.0924. The molecular weight excluding hydrogens is 202 g/mol. The van der Waals surface area contributed by atoms with E-state index in [1.54, 1.807) is 7.11 Å². The van der Waals surface area contributed by atoms with E-state index in [9.17, 15) is 0 Å². The highest BCUT2D eigenvalue weighted by Gasteiger charge is 2.32. The molecule has 0 spiro atoms. The molecule has 1 heterocycles. The molecule has 1 aromatic rings. The van der Waals surface area contributed by atoms with Gasteiger partial charge in [0, 0.05) is 17.6 Å². The molecule has 0 saturated carbocycles. The van der Waals surface area contributed by atoms with Crippen LogP contribution < -0.4 is 10.1 Å². The summed E-state index contributed by atoms with van der Waals surface area (Å²) in [7, 11) is 1.70. The van der Waals surface area contributed by atoms with Crippen molar-refractivity contribution >= 4 is 5.69 Å². The van der Waals surface area contributed by atoms with Crippen molar-refractivity contribution in [1.82, 2.24) is 0 Å². The largest absolute Gasteiger partial charge is 0.496 e. The number of nitrogens with one attached hydrogen (secondary N) is 1. The number of ether oxygens (including phenoxy) is 2. The molecule has 1 aromatic carbocycles. The van der Waals surface area contributed by atoms with Crippen molar-refractivity contribution in [3.63, 3.8) is 0 Å². The number of benzene rings is 1. The SMILES string of the molecule is COc1ccc(NCC2(C)COC2)cc1C. The second-order valence-electron chi connectivity index (χ2n) is 4.84. The van der Waals surface area contributed by atoms with Crippen LogP contribution in [-0.4, -0.2) is 26.9 Å². The zero-order valence-electron chi connectivity index (χ0n) is 10.2. The maximum atomic E-state index is 5.23. The highest BCUT2D eigenvalue weighted by atomic mass is 16.5. The van der Waals surface area contributed by atoms with Gasteiger partial charge in [0.25, 0.3) is 0 Å². The van der Waals surface area contributed by atoms with Gasteiger partial charge in [0.15, 0.2) is 0 Å². The van der Waals surface area contributed by atoms with Gasteiger partial charge in [-0.1, -0.05) is 6.92 Å². The molecule has 1 N–H and O–H groups in total. The summed E-state index contributed by atoms with van der Waals surface area (Å²) < 4.78 is 10.5. The smallest absolute Gasteiger partial charge is 0.121 e. The molecule has 1 aliphatic heterocycles. The average molecular weight is 221 g/mol. The first-order valence-corrected chi connectivity index (χ1v) is 5.59. The van der Waals surface area contributed by atoms with Crippen molar-refractivity contribution < 1.29 is 9.47 Å². The van der Waals surface area contributed by atoms with Crippen LogP contribution in [0.15, 0.2) is 18.2 Å². The average Bonchev–Trinajstić information content (AvgIpc) is 2.24. The Morgan fingerprint density at radius 1 is 1.44 bits per heavy atom. The van der Waals surface area contributed by atoms with Crippen LogP contribution >= 0.6 is 0 Å². The van der Waals surface area contributed by atoms with Crippen LogP contribution in [0.25, 0.3) is 0 Å². The molecule has 3 nitrogen and oxygen atoms in total. The first-order chi connectivity index (χ1) is 7.63. The number of aryl methyl sites for hydroxylation is 1. The van der Waals surface area contributed by atoms with Crippen molar-refractivity contribution in [2.45, 2.75) is 13.8 Å². The molecule has 0 atom stereocenters. The minimum absolute atomic E-state index is 0.299. The molecule has 0 radical (unpaired) electrons. The zero-order chi connectivity index (χ0) is 11.6. The van der Waals surface area contributed by atoms with Gasteiger partial charge >= 0.3 is 0 Å². The Kier molecular flexibility index (Phi) is 3.06. The highest BCUT2D eigenvalue weighted by Crippen LogP contribution is 2.28. The van der Waals surface area contributed by atoms with Gasteiger partial charge in [-0.2, -0.15) is 0 Å². The van der Waals surface area contributed by atoms with E-state index in [4.69, 9.17) is 9.47 Å². The van der Waals surface area contributed by atoms with E-state index in [1.807, 2.05) is 6.07 Å². The molecule has 16 heavy (non-hydrogen) atoms. The zero-order valence-corrected chi connectivity index (χ0v) is 10.2. The summed E-state index contributed by atoms with van der Waals surface area (Å²) >= 11 is 0. The van der Waals surface area contributed by atoms with Gasteiger partial charge in [0.2, 0.25) is 0 Å². The molecule has 1 saturated heterocycles. The molecule has 2 rings (SSSR count). The first-order valence-electron chi connectivity index (χ1n) is 5.59. The van der Waals surface area contributed by atoms with Crippen LogP contribution in [-0.2, 0) is 4.74 Å². The second kappa shape index (κ2) is 4.34. The summed E-state index contributed by atoms with van der Waals surface area (Å²) in [5.74, 6) is 0.934. The van der Waals surface area contributed by atoms with Crippen LogP contribution in [0.3, 0.4) is 0 Å². The summed E-state index contributed by atoms with van der Waals surface area (Å²) in [6.07, 6.45) is 0. The predicted octanol–water partition coefficient (Wildman–Crippen LogP) is 2.45. The van der Waals surface area contributed by atoms with E-state index in [0.717, 1.165) is 36.8 Å². The Hall–Kier alpha value is -1.22. The standard InChI is InChI=1S/C13H19NO2/c1-10-6-11(4-5-12(10)15-3)14-7-13(2)8-16-9-13/h4-6,14H,7-9H2,1-3H3. The Morgan fingerprint density at radius 2 is 2.19 bits per heavy atom. The van der Waals surface area contributed by atoms with Crippen molar-refractivity contribution in [1.29, 1.82) is 0 Å². The first kappa shape index (κ1) is 11.3.